The van der Waals surface area contributed by atoms with Crippen LogP contribution in [0.15, 0.2) is 23.1 Å². The first-order valence-electron chi connectivity index (χ1n) is 9.55. The van der Waals surface area contributed by atoms with Gasteiger partial charge < -0.3 is 14.7 Å². The van der Waals surface area contributed by atoms with E-state index in [1.807, 2.05) is 6.92 Å². The van der Waals surface area contributed by atoms with Crippen LogP contribution in [-0.2, 0) is 6.54 Å². The molecule has 28 heavy (non-hydrogen) atoms. The van der Waals surface area contributed by atoms with E-state index in [2.05, 4.69) is 9.97 Å². The number of amides is 3. The zero-order valence-electron chi connectivity index (χ0n) is 16.6. The Balaban J connectivity index is 1.87. The van der Waals surface area contributed by atoms with Gasteiger partial charge in [-0.25, -0.2) is 14.8 Å². The molecule has 0 N–H and O–H groups in total. The molecule has 0 bridgehead atoms. The van der Waals surface area contributed by atoms with Crippen molar-refractivity contribution in [3.05, 3.63) is 34.4 Å². The van der Waals surface area contributed by atoms with E-state index in [4.69, 9.17) is 0 Å². The van der Waals surface area contributed by atoms with Gasteiger partial charge in [0.2, 0.25) is 0 Å². The van der Waals surface area contributed by atoms with Gasteiger partial charge in [-0.05, 0) is 18.6 Å². The van der Waals surface area contributed by atoms with Crippen LogP contribution in [0.25, 0.3) is 11.2 Å². The van der Waals surface area contributed by atoms with Gasteiger partial charge in [0.1, 0.15) is 5.52 Å². The maximum absolute atomic E-state index is 13.0. The molecule has 9 heteroatoms. The molecule has 2 aromatic rings. The Hall–Kier alpha value is -2.97. The van der Waals surface area contributed by atoms with E-state index in [-0.39, 0.29) is 11.7 Å². The first kappa shape index (κ1) is 19.8. The number of hydrogen-bond acceptors (Lipinski definition) is 5. The number of urea groups is 1. The van der Waals surface area contributed by atoms with Gasteiger partial charge >= 0.3 is 6.03 Å². The standard InChI is InChI=1S/C19H26N6O3/c1-4-5-9-25-16-14(7-6-8-20-16)21-15(18(25)27)17(26)23-10-12-24(13-11-23)19(28)22(2)3/h6-8H,4-5,9-13H2,1-3H3. The third-order valence-corrected chi connectivity index (χ3v) is 4.86. The van der Waals surface area contributed by atoms with Crippen LogP contribution in [0.3, 0.4) is 0 Å². The summed E-state index contributed by atoms with van der Waals surface area (Å²) >= 11 is 0. The molecule has 1 fully saturated rings. The maximum Gasteiger partial charge on any atom is 0.319 e. The molecule has 2 aromatic heterocycles. The Labute approximate surface area is 163 Å². The number of unbranched alkanes of at least 4 members (excludes halogenated alkanes) is 1. The van der Waals surface area contributed by atoms with Gasteiger partial charge in [-0.2, -0.15) is 0 Å². The lowest BCUT2D eigenvalue weighted by molar-refractivity contribution is 0.0642. The number of hydrogen-bond donors (Lipinski definition) is 0. The summed E-state index contributed by atoms with van der Waals surface area (Å²) in [6.45, 7) is 4.15. The molecule has 3 heterocycles. The van der Waals surface area contributed by atoms with Crippen molar-refractivity contribution in [1.82, 2.24) is 29.2 Å². The monoisotopic (exact) mass is 386 g/mol. The number of aryl methyl sites for hydroxylation is 1. The molecule has 1 saturated heterocycles. The fourth-order valence-electron chi connectivity index (χ4n) is 3.27. The van der Waals surface area contributed by atoms with Crippen LogP contribution in [0, 0.1) is 0 Å². The highest BCUT2D eigenvalue weighted by atomic mass is 16.2. The molecule has 1 aliphatic rings. The Morgan fingerprint density at radius 3 is 2.46 bits per heavy atom. The minimum atomic E-state index is -0.406. The molecule has 3 amide bonds. The van der Waals surface area contributed by atoms with E-state index in [9.17, 15) is 14.4 Å². The maximum atomic E-state index is 13.0. The van der Waals surface area contributed by atoms with Crippen LogP contribution in [0.2, 0.25) is 0 Å². The normalized spacial score (nSPS) is 14.4. The van der Waals surface area contributed by atoms with Crippen LogP contribution in [-0.4, -0.2) is 81.4 Å². The average Bonchev–Trinajstić information content (AvgIpc) is 2.71. The molecule has 0 aliphatic carbocycles. The first-order valence-corrected chi connectivity index (χ1v) is 9.55. The fourth-order valence-corrected chi connectivity index (χ4v) is 3.27. The van der Waals surface area contributed by atoms with Crippen LogP contribution >= 0.6 is 0 Å². The smallest absolute Gasteiger partial charge is 0.319 e. The lowest BCUT2D eigenvalue weighted by Crippen LogP contribution is -2.53. The second-order valence-corrected chi connectivity index (χ2v) is 7.07. The van der Waals surface area contributed by atoms with Crippen molar-refractivity contribution >= 4 is 23.1 Å². The second-order valence-electron chi connectivity index (χ2n) is 7.07. The van der Waals surface area contributed by atoms with Crippen LogP contribution in [0.5, 0.6) is 0 Å². The molecule has 0 atom stereocenters. The molecule has 0 unspecified atom stereocenters. The van der Waals surface area contributed by atoms with Crippen molar-refractivity contribution < 1.29 is 9.59 Å². The molecule has 0 saturated carbocycles. The summed E-state index contributed by atoms with van der Waals surface area (Å²) in [5.41, 5.74) is 0.544. The first-order chi connectivity index (χ1) is 13.4. The number of aromatic nitrogens is 3. The zero-order valence-corrected chi connectivity index (χ0v) is 16.6. The predicted octanol–water partition coefficient (Wildman–Crippen LogP) is 1.03. The fraction of sp³-hybridized carbons (Fsp3) is 0.526. The minimum Gasteiger partial charge on any atom is -0.334 e. The Kier molecular flexibility index (Phi) is 5.91. The van der Waals surface area contributed by atoms with Gasteiger partial charge in [-0.3, -0.25) is 14.2 Å². The molecule has 9 nitrogen and oxygen atoms in total. The number of fused-ring (bicyclic) bond motifs is 1. The molecular formula is C19H26N6O3. The summed E-state index contributed by atoms with van der Waals surface area (Å²) in [6, 6.07) is 3.42. The van der Waals surface area contributed by atoms with Crippen LogP contribution in [0.1, 0.15) is 30.3 Å². The number of rotatable bonds is 4. The summed E-state index contributed by atoms with van der Waals surface area (Å²) in [4.78, 5) is 51.5. The largest absolute Gasteiger partial charge is 0.334 e. The van der Waals surface area contributed by atoms with Gasteiger partial charge in [0.15, 0.2) is 11.3 Å². The van der Waals surface area contributed by atoms with E-state index in [0.29, 0.717) is 43.9 Å². The summed E-state index contributed by atoms with van der Waals surface area (Å²) < 4.78 is 1.55. The minimum absolute atomic E-state index is 0.0796. The number of nitrogens with zero attached hydrogens (tertiary/aromatic N) is 6. The van der Waals surface area contributed by atoms with E-state index in [1.165, 1.54) is 4.90 Å². The Morgan fingerprint density at radius 1 is 1.14 bits per heavy atom. The molecule has 1 aliphatic heterocycles. The molecule has 0 aromatic carbocycles. The van der Waals surface area contributed by atoms with Crippen LogP contribution in [0.4, 0.5) is 4.79 Å². The molecular weight excluding hydrogens is 360 g/mol. The van der Waals surface area contributed by atoms with Crippen molar-refractivity contribution in [2.24, 2.45) is 0 Å². The topological polar surface area (TPSA) is 91.6 Å². The molecule has 3 rings (SSSR count). The highest BCUT2D eigenvalue weighted by Crippen LogP contribution is 2.11. The van der Waals surface area contributed by atoms with E-state index in [0.717, 1.165) is 12.8 Å². The van der Waals surface area contributed by atoms with Gasteiger partial charge in [-0.15, -0.1) is 0 Å². The van der Waals surface area contributed by atoms with E-state index in [1.54, 1.807) is 46.8 Å². The Bertz CT molecular complexity index is 931. The zero-order chi connectivity index (χ0) is 20.3. The number of piperazine rings is 1. The summed E-state index contributed by atoms with van der Waals surface area (Å²) in [7, 11) is 3.40. The van der Waals surface area contributed by atoms with Crippen molar-refractivity contribution in [2.45, 2.75) is 26.3 Å². The quantitative estimate of drug-likeness (QED) is 0.783. The highest BCUT2D eigenvalue weighted by molar-refractivity contribution is 5.93. The van der Waals surface area contributed by atoms with Crippen molar-refractivity contribution in [1.29, 1.82) is 0 Å². The summed E-state index contributed by atoms with van der Waals surface area (Å²) in [5, 5.41) is 0. The number of carbonyl (C=O) groups excluding carboxylic acids is 2. The van der Waals surface area contributed by atoms with E-state index >= 15 is 0 Å². The van der Waals surface area contributed by atoms with Crippen molar-refractivity contribution in [3.8, 4) is 0 Å². The van der Waals surface area contributed by atoms with Crippen molar-refractivity contribution in [3.63, 3.8) is 0 Å². The molecule has 0 spiro atoms. The van der Waals surface area contributed by atoms with E-state index < -0.39 is 11.5 Å². The summed E-state index contributed by atoms with van der Waals surface area (Å²) in [5.74, 6) is -0.391. The molecule has 0 radical (unpaired) electrons. The van der Waals surface area contributed by atoms with Crippen molar-refractivity contribution in [2.75, 3.05) is 40.3 Å². The highest BCUT2D eigenvalue weighted by Gasteiger charge is 2.28. The second kappa shape index (κ2) is 8.37. The number of pyridine rings is 1. The van der Waals surface area contributed by atoms with Gasteiger partial charge in [0, 0.05) is 53.0 Å². The Morgan fingerprint density at radius 2 is 1.82 bits per heavy atom. The molecule has 150 valence electrons. The SMILES string of the molecule is CCCCn1c(=O)c(C(=O)N2CCN(C(=O)N(C)C)CC2)nc2cccnc21. The predicted molar refractivity (Wildman–Crippen MR) is 105 cm³/mol. The summed E-state index contributed by atoms with van der Waals surface area (Å²) in [6.07, 6.45) is 3.36. The lowest BCUT2D eigenvalue weighted by atomic mass is 10.2. The lowest BCUT2D eigenvalue weighted by Gasteiger charge is -2.35. The average molecular weight is 386 g/mol. The van der Waals surface area contributed by atoms with Gasteiger partial charge in [0.05, 0.1) is 0 Å². The third-order valence-electron chi connectivity index (χ3n) is 4.86. The third kappa shape index (κ3) is 3.83. The van der Waals surface area contributed by atoms with Gasteiger partial charge in [0.25, 0.3) is 11.5 Å². The van der Waals surface area contributed by atoms with Gasteiger partial charge in [-0.1, -0.05) is 13.3 Å². The van der Waals surface area contributed by atoms with Crippen LogP contribution < -0.4 is 5.56 Å². The number of carbonyl (C=O) groups is 2.